The highest BCUT2D eigenvalue weighted by molar-refractivity contribution is 4.62. The van der Waals surface area contributed by atoms with E-state index in [1.54, 1.807) is 0 Å². The van der Waals surface area contributed by atoms with Gasteiger partial charge in [-0.2, -0.15) is 0 Å². The molecule has 0 aliphatic carbocycles. The van der Waals surface area contributed by atoms with Crippen molar-refractivity contribution in [2.24, 2.45) is 11.8 Å². The van der Waals surface area contributed by atoms with Crippen LogP contribution in [0.5, 0.6) is 0 Å². The third-order valence-corrected chi connectivity index (χ3v) is 6.66. The summed E-state index contributed by atoms with van der Waals surface area (Å²) in [6.45, 7) is 9.53. The summed E-state index contributed by atoms with van der Waals surface area (Å²) in [5.74, 6) is 1.96. The van der Waals surface area contributed by atoms with Gasteiger partial charge in [-0.3, -0.25) is 0 Å². The second kappa shape index (κ2) is 22.3. The Morgan fingerprint density at radius 2 is 0.815 bits per heavy atom. The molecule has 0 N–H and O–H groups in total. The van der Waals surface area contributed by atoms with Gasteiger partial charge in [0, 0.05) is 0 Å². The summed E-state index contributed by atoms with van der Waals surface area (Å²) in [4.78, 5) is 0. The van der Waals surface area contributed by atoms with Gasteiger partial charge in [0.15, 0.2) is 0 Å². The lowest BCUT2D eigenvalue weighted by atomic mass is 9.88. The Hall–Kier alpha value is 0. The molecule has 2 unspecified atom stereocenters. The van der Waals surface area contributed by atoms with Crippen molar-refractivity contribution >= 4 is 0 Å². The molecule has 0 nitrogen and oxygen atoms in total. The fourth-order valence-electron chi connectivity index (χ4n) is 4.41. The van der Waals surface area contributed by atoms with Gasteiger partial charge in [0.1, 0.15) is 0 Å². The first-order valence-electron chi connectivity index (χ1n) is 13.2. The van der Waals surface area contributed by atoms with E-state index in [0.717, 1.165) is 11.8 Å². The van der Waals surface area contributed by atoms with Crippen LogP contribution in [-0.2, 0) is 0 Å². The molecule has 0 rings (SSSR count). The quantitative estimate of drug-likeness (QED) is 0.164. The van der Waals surface area contributed by atoms with Crippen LogP contribution in [0.15, 0.2) is 0 Å². The number of unbranched alkanes of at least 4 members (excludes halogenated alkanes) is 14. The lowest BCUT2D eigenvalue weighted by molar-refractivity contribution is 0.352. The smallest absolute Gasteiger partial charge is 0.0417 e. The third kappa shape index (κ3) is 20.5. The second-order valence-corrected chi connectivity index (χ2v) is 9.48. The number of hydrogen-bond donors (Lipinski definition) is 0. The second-order valence-electron chi connectivity index (χ2n) is 9.48. The summed E-state index contributed by atoms with van der Waals surface area (Å²) in [5, 5.41) is 0. The molecule has 0 aromatic carbocycles. The van der Waals surface area contributed by atoms with Crippen molar-refractivity contribution in [2.75, 3.05) is 0 Å². The Morgan fingerprint density at radius 1 is 0.407 bits per heavy atom. The van der Waals surface area contributed by atoms with Gasteiger partial charge in [-0.05, 0) is 11.8 Å². The lowest BCUT2D eigenvalue weighted by Crippen LogP contribution is -2.03. The molecule has 0 saturated heterocycles. The highest BCUT2D eigenvalue weighted by Gasteiger charge is 2.09. The fourth-order valence-corrected chi connectivity index (χ4v) is 4.41. The Kier molecular flexibility index (Phi) is 22.3. The number of rotatable bonds is 22. The summed E-state index contributed by atoms with van der Waals surface area (Å²) in [6, 6.07) is 0. The first-order chi connectivity index (χ1) is 13.2. The topological polar surface area (TPSA) is 0 Å². The zero-order valence-corrected chi connectivity index (χ0v) is 20.0. The van der Waals surface area contributed by atoms with Gasteiger partial charge in [0.25, 0.3) is 0 Å². The van der Waals surface area contributed by atoms with Crippen LogP contribution in [0.25, 0.3) is 0 Å². The Bertz CT molecular complexity index is 257. The molecule has 0 fully saturated rings. The molecule has 0 radical (unpaired) electrons. The lowest BCUT2D eigenvalue weighted by Gasteiger charge is -2.18. The van der Waals surface area contributed by atoms with Crippen molar-refractivity contribution < 1.29 is 0 Å². The zero-order valence-electron chi connectivity index (χ0n) is 20.0. The maximum absolute atomic E-state index is 2.50. The predicted octanol–water partition coefficient (Wildman–Crippen LogP) is 10.5. The van der Waals surface area contributed by atoms with Crippen molar-refractivity contribution in [1.29, 1.82) is 0 Å². The van der Waals surface area contributed by atoms with Gasteiger partial charge in [0.2, 0.25) is 0 Å². The van der Waals surface area contributed by atoms with Gasteiger partial charge in [0.05, 0.1) is 0 Å². The maximum atomic E-state index is 2.50. The normalized spacial score (nSPS) is 13.8. The van der Waals surface area contributed by atoms with Crippen LogP contribution >= 0.6 is 0 Å². The van der Waals surface area contributed by atoms with Gasteiger partial charge in [-0.1, -0.05) is 163 Å². The van der Waals surface area contributed by atoms with E-state index < -0.39 is 0 Å². The molecule has 0 heterocycles. The average molecular weight is 381 g/mol. The molecule has 0 aliphatic rings. The highest BCUT2D eigenvalue weighted by atomic mass is 14.2. The van der Waals surface area contributed by atoms with Crippen molar-refractivity contribution in [3.05, 3.63) is 0 Å². The SMILES string of the molecule is CCCCCCCCCCCC(CC)CCC(C)CCCCCCCCC. The standard InChI is InChI=1S/C27H56/c1-5-8-10-12-14-15-17-19-21-23-27(7-3)25-24-26(4)22-20-18-16-13-11-9-6-2/h26-27H,5-25H2,1-4H3. The van der Waals surface area contributed by atoms with Gasteiger partial charge >= 0.3 is 0 Å². The molecule has 0 spiro atoms. The highest BCUT2D eigenvalue weighted by Crippen LogP contribution is 2.24. The zero-order chi connectivity index (χ0) is 20.0. The van der Waals surface area contributed by atoms with Crippen LogP contribution in [0.1, 0.15) is 163 Å². The van der Waals surface area contributed by atoms with Gasteiger partial charge < -0.3 is 0 Å². The summed E-state index contributed by atoms with van der Waals surface area (Å²) < 4.78 is 0. The molecule has 0 amide bonds. The van der Waals surface area contributed by atoms with E-state index in [-0.39, 0.29) is 0 Å². The minimum atomic E-state index is 0.956. The van der Waals surface area contributed by atoms with Crippen LogP contribution in [0, 0.1) is 11.8 Å². The number of hydrogen-bond acceptors (Lipinski definition) is 0. The van der Waals surface area contributed by atoms with Crippen molar-refractivity contribution in [3.63, 3.8) is 0 Å². The van der Waals surface area contributed by atoms with Crippen LogP contribution in [0.2, 0.25) is 0 Å². The molecule has 0 bridgehead atoms. The van der Waals surface area contributed by atoms with Crippen molar-refractivity contribution in [2.45, 2.75) is 163 Å². The summed E-state index contributed by atoms with van der Waals surface area (Å²) in [6.07, 6.45) is 30.7. The molecular formula is C27H56. The van der Waals surface area contributed by atoms with Gasteiger partial charge in [-0.25, -0.2) is 0 Å². The van der Waals surface area contributed by atoms with Crippen molar-refractivity contribution in [3.8, 4) is 0 Å². The molecule has 0 saturated carbocycles. The molecule has 2 atom stereocenters. The minimum Gasteiger partial charge on any atom is -0.0654 e. The van der Waals surface area contributed by atoms with Crippen LogP contribution in [0.4, 0.5) is 0 Å². The monoisotopic (exact) mass is 380 g/mol. The molecule has 27 heavy (non-hydrogen) atoms. The molecule has 0 aromatic heterocycles. The third-order valence-electron chi connectivity index (χ3n) is 6.66. The Morgan fingerprint density at radius 3 is 1.26 bits per heavy atom. The maximum Gasteiger partial charge on any atom is -0.0417 e. The first kappa shape index (κ1) is 27.0. The van der Waals surface area contributed by atoms with E-state index in [1.165, 1.54) is 135 Å². The van der Waals surface area contributed by atoms with E-state index >= 15 is 0 Å². The Balaban J connectivity index is 3.46. The average Bonchev–Trinajstić information content (AvgIpc) is 2.68. The predicted molar refractivity (Wildman–Crippen MR) is 127 cm³/mol. The van der Waals surface area contributed by atoms with E-state index in [1.807, 2.05) is 0 Å². The minimum absolute atomic E-state index is 0.956. The summed E-state index contributed by atoms with van der Waals surface area (Å²) in [7, 11) is 0. The Labute approximate surface area is 174 Å². The fraction of sp³-hybridized carbons (Fsp3) is 1.00. The molecule has 0 aromatic rings. The molecule has 0 aliphatic heterocycles. The van der Waals surface area contributed by atoms with E-state index in [0.29, 0.717) is 0 Å². The van der Waals surface area contributed by atoms with Crippen LogP contribution < -0.4 is 0 Å². The van der Waals surface area contributed by atoms with Crippen molar-refractivity contribution in [1.82, 2.24) is 0 Å². The summed E-state index contributed by atoms with van der Waals surface area (Å²) in [5.41, 5.74) is 0. The van der Waals surface area contributed by atoms with Crippen LogP contribution in [-0.4, -0.2) is 0 Å². The van der Waals surface area contributed by atoms with E-state index in [4.69, 9.17) is 0 Å². The van der Waals surface area contributed by atoms with Crippen LogP contribution in [0.3, 0.4) is 0 Å². The van der Waals surface area contributed by atoms with E-state index in [9.17, 15) is 0 Å². The summed E-state index contributed by atoms with van der Waals surface area (Å²) >= 11 is 0. The first-order valence-corrected chi connectivity index (χ1v) is 13.2. The van der Waals surface area contributed by atoms with E-state index in [2.05, 4.69) is 27.7 Å². The molecular weight excluding hydrogens is 324 g/mol. The molecule has 164 valence electrons. The largest absolute Gasteiger partial charge is 0.0654 e. The molecule has 0 heteroatoms. The van der Waals surface area contributed by atoms with Gasteiger partial charge in [-0.15, -0.1) is 0 Å².